The quantitative estimate of drug-likeness (QED) is 0.334. The van der Waals surface area contributed by atoms with Gasteiger partial charge in [0.1, 0.15) is 0 Å². The molecule has 0 saturated heterocycles. The van der Waals surface area contributed by atoms with Crippen LogP contribution in [0.15, 0.2) is 0 Å². The second kappa shape index (κ2) is 2.00. The van der Waals surface area contributed by atoms with Gasteiger partial charge in [0.05, 0.1) is 0 Å². The number of carbonyl (C=O) groups excluding carboxylic acids is 1. The molecular weight excluding hydrogens is 103 g/mol. The Bertz CT molecular complexity index is 62.6. The van der Waals surface area contributed by atoms with E-state index in [1.807, 2.05) is 0 Å². The van der Waals surface area contributed by atoms with Crippen LogP contribution in [0.3, 0.4) is 0 Å². The molecule has 0 aromatic carbocycles. The normalized spacial score (nSPS) is 13.7. The summed E-state index contributed by atoms with van der Waals surface area (Å²) < 4.78 is 0. The Hall–Kier alpha value is -0.280. The van der Waals surface area contributed by atoms with Crippen molar-refractivity contribution in [3.05, 3.63) is 0 Å². The lowest BCUT2D eigenvalue weighted by Gasteiger charge is -1.89. The lowest BCUT2D eigenvalue weighted by Crippen LogP contribution is -2.30. The standard InChI is InChI=1S/C2H5ClN2O/c3-1(4)2(5)6/h1H,4H2,(H2,5,6). The molecule has 1 amide bonds. The summed E-state index contributed by atoms with van der Waals surface area (Å²) in [6.07, 6.45) is 0. The minimum Gasteiger partial charge on any atom is -0.367 e. The Morgan fingerprint density at radius 1 is 1.83 bits per heavy atom. The van der Waals surface area contributed by atoms with E-state index in [-0.39, 0.29) is 0 Å². The van der Waals surface area contributed by atoms with Crippen LogP contribution in [0.25, 0.3) is 0 Å². The summed E-state index contributed by atoms with van der Waals surface area (Å²) >= 11 is 4.92. The van der Waals surface area contributed by atoms with Gasteiger partial charge in [0, 0.05) is 0 Å². The number of amides is 1. The van der Waals surface area contributed by atoms with Crippen LogP contribution in [-0.2, 0) is 4.79 Å². The van der Waals surface area contributed by atoms with Crippen LogP contribution in [0.5, 0.6) is 0 Å². The molecular formula is C2H5ClN2O. The molecule has 6 heavy (non-hydrogen) atoms. The zero-order valence-corrected chi connectivity index (χ0v) is 3.77. The second-order valence-corrected chi connectivity index (χ2v) is 1.27. The van der Waals surface area contributed by atoms with E-state index in [2.05, 4.69) is 5.73 Å². The summed E-state index contributed by atoms with van der Waals surface area (Å²) in [5.74, 6) is -0.698. The van der Waals surface area contributed by atoms with Crippen LogP contribution in [-0.4, -0.2) is 11.4 Å². The molecule has 0 aliphatic carbocycles. The molecule has 0 radical (unpaired) electrons. The fourth-order valence-corrected chi connectivity index (χ4v) is 0. The van der Waals surface area contributed by atoms with Gasteiger partial charge < -0.3 is 11.5 Å². The molecule has 0 saturated carbocycles. The van der Waals surface area contributed by atoms with Gasteiger partial charge in [-0.05, 0) is 0 Å². The van der Waals surface area contributed by atoms with Crippen molar-refractivity contribution >= 4 is 17.5 Å². The topological polar surface area (TPSA) is 69.1 Å². The van der Waals surface area contributed by atoms with E-state index in [0.717, 1.165) is 0 Å². The molecule has 0 heterocycles. The maximum atomic E-state index is 9.66. The van der Waals surface area contributed by atoms with E-state index < -0.39 is 11.4 Å². The van der Waals surface area contributed by atoms with Gasteiger partial charge in [-0.1, -0.05) is 11.6 Å². The summed E-state index contributed by atoms with van der Waals surface area (Å²) in [6, 6.07) is 0. The fourth-order valence-electron chi connectivity index (χ4n) is 0. The summed E-state index contributed by atoms with van der Waals surface area (Å²) in [5.41, 5.74) is 8.23. The van der Waals surface area contributed by atoms with Gasteiger partial charge in [0.15, 0.2) is 5.50 Å². The Morgan fingerprint density at radius 3 is 2.00 bits per heavy atom. The van der Waals surface area contributed by atoms with Crippen LogP contribution in [0.1, 0.15) is 0 Å². The van der Waals surface area contributed by atoms with Crippen molar-refractivity contribution in [3.8, 4) is 0 Å². The van der Waals surface area contributed by atoms with Crippen LogP contribution in [0.4, 0.5) is 0 Å². The highest BCUT2D eigenvalue weighted by Gasteiger charge is 1.99. The van der Waals surface area contributed by atoms with Crippen LogP contribution >= 0.6 is 11.6 Å². The molecule has 4 heteroatoms. The molecule has 1 unspecified atom stereocenters. The van der Waals surface area contributed by atoms with Crippen molar-refractivity contribution < 1.29 is 4.79 Å². The monoisotopic (exact) mass is 108 g/mol. The minimum atomic E-state index is -1.04. The SMILES string of the molecule is NC(=O)C(N)Cl. The third-order valence-electron chi connectivity index (χ3n) is 0.272. The maximum absolute atomic E-state index is 9.66. The number of nitrogens with two attached hydrogens (primary N) is 2. The first-order valence-electron chi connectivity index (χ1n) is 1.33. The van der Waals surface area contributed by atoms with E-state index in [1.54, 1.807) is 0 Å². The number of halogens is 1. The van der Waals surface area contributed by atoms with Crippen molar-refractivity contribution in [2.24, 2.45) is 11.5 Å². The smallest absolute Gasteiger partial charge is 0.249 e. The highest BCUT2D eigenvalue weighted by molar-refractivity contribution is 6.29. The Balaban J connectivity index is 3.26. The number of hydrogen-bond donors (Lipinski definition) is 2. The predicted octanol–water partition coefficient (Wildman–Crippen LogP) is -1.00. The maximum Gasteiger partial charge on any atom is 0.249 e. The summed E-state index contributed by atoms with van der Waals surface area (Å²) in [6.45, 7) is 0. The first kappa shape index (κ1) is 5.72. The van der Waals surface area contributed by atoms with Crippen molar-refractivity contribution in [1.82, 2.24) is 0 Å². The molecule has 1 atom stereocenters. The Labute approximate surface area is 40.2 Å². The van der Waals surface area contributed by atoms with Gasteiger partial charge in [-0.15, -0.1) is 0 Å². The van der Waals surface area contributed by atoms with E-state index >= 15 is 0 Å². The zero-order valence-electron chi connectivity index (χ0n) is 3.02. The lowest BCUT2D eigenvalue weighted by atomic mass is 10.6. The van der Waals surface area contributed by atoms with Crippen molar-refractivity contribution in [2.75, 3.05) is 0 Å². The predicted molar refractivity (Wildman–Crippen MR) is 23.0 cm³/mol. The molecule has 0 aromatic rings. The zero-order chi connectivity index (χ0) is 5.15. The second-order valence-electron chi connectivity index (χ2n) is 0.804. The molecule has 0 aromatic heterocycles. The fraction of sp³-hybridized carbons (Fsp3) is 0.500. The van der Waals surface area contributed by atoms with Gasteiger partial charge >= 0.3 is 0 Å². The average molecular weight is 109 g/mol. The third-order valence-corrected chi connectivity index (χ3v) is 0.487. The van der Waals surface area contributed by atoms with Crippen molar-refractivity contribution in [3.63, 3.8) is 0 Å². The van der Waals surface area contributed by atoms with E-state index in [1.165, 1.54) is 0 Å². The lowest BCUT2D eigenvalue weighted by molar-refractivity contribution is -0.117. The molecule has 0 aliphatic heterocycles. The molecule has 4 N–H and O–H groups in total. The van der Waals surface area contributed by atoms with E-state index in [9.17, 15) is 4.79 Å². The summed E-state index contributed by atoms with van der Waals surface area (Å²) in [7, 11) is 0. The Kier molecular flexibility index (Phi) is 1.90. The first-order chi connectivity index (χ1) is 2.64. The van der Waals surface area contributed by atoms with Crippen molar-refractivity contribution in [1.29, 1.82) is 0 Å². The minimum absolute atomic E-state index is 0.698. The van der Waals surface area contributed by atoms with Gasteiger partial charge in [0.2, 0.25) is 5.91 Å². The molecule has 0 fully saturated rings. The Morgan fingerprint density at radius 2 is 2.00 bits per heavy atom. The summed E-state index contributed by atoms with van der Waals surface area (Å²) in [4.78, 5) is 9.66. The molecule has 0 spiro atoms. The molecule has 0 rings (SSSR count). The number of primary amides is 1. The largest absolute Gasteiger partial charge is 0.367 e. The highest BCUT2D eigenvalue weighted by Crippen LogP contribution is 1.78. The van der Waals surface area contributed by atoms with E-state index in [4.69, 9.17) is 17.3 Å². The van der Waals surface area contributed by atoms with Crippen molar-refractivity contribution in [2.45, 2.75) is 5.50 Å². The summed E-state index contributed by atoms with van der Waals surface area (Å²) in [5, 5.41) is 0. The van der Waals surface area contributed by atoms with Gasteiger partial charge in [-0.3, -0.25) is 4.79 Å². The van der Waals surface area contributed by atoms with Crippen LogP contribution < -0.4 is 11.5 Å². The molecule has 36 valence electrons. The third kappa shape index (κ3) is 1.99. The molecule has 0 bridgehead atoms. The number of alkyl halides is 1. The van der Waals surface area contributed by atoms with Gasteiger partial charge in [-0.25, -0.2) is 0 Å². The van der Waals surface area contributed by atoms with Gasteiger partial charge in [-0.2, -0.15) is 0 Å². The number of carbonyl (C=O) groups is 1. The molecule has 0 aliphatic rings. The number of hydrogen-bond acceptors (Lipinski definition) is 2. The van der Waals surface area contributed by atoms with Crippen LogP contribution in [0.2, 0.25) is 0 Å². The molecule has 3 nitrogen and oxygen atoms in total. The average Bonchev–Trinajstić information content (AvgIpc) is 1.36. The van der Waals surface area contributed by atoms with Crippen LogP contribution in [0, 0.1) is 0 Å². The van der Waals surface area contributed by atoms with Gasteiger partial charge in [0.25, 0.3) is 0 Å². The first-order valence-corrected chi connectivity index (χ1v) is 1.77. The highest BCUT2D eigenvalue weighted by atomic mass is 35.5. The number of rotatable bonds is 1. The van der Waals surface area contributed by atoms with E-state index in [0.29, 0.717) is 0 Å².